The maximum Gasteiger partial charge on any atom is 0.188 e. The van der Waals surface area contributed by atoms with Gasteiger partial charge in [-0.2, -0.15) is 4.91 Å². The molecule has 9 nitrogen and oxygen atoms in total. The normalized spacial score (nSPS) is 27.1. The molecule has 0 spiro atoms. The van der Waals surface area contributed by atoms with E-state index in [-0.39, 0.29) is 42.0 Å². The average molecular weight is 614 g/mol. The first-order chi connectivity index (χ1) is 21.4. The Balaban J connectivity index is 1.31. The van der Waals surface area contributed by atoms with Gasteiger partial charge in [-0.1, -0.05) is 68.3 Å². The van der Waals surface area contributed by atoms with Crippen LogP contribution < -0.4 is 0 Å². The summed E-state index contributed by atoms with van der Waals surface area (Å²) < 4.78 is 25.1. The van der Waals surface area contributed by atoms with Crippen molar-refractivity contribution in [3.63, 3.8) is 0 Å². The Labute approximate surface area is 261 Å². The minimum absolute atomic E-state index is 0.0133. The van der Waals surface area contributed by atoms with Gasteiger partial charge in [-0.3, -0.25) is 0 Å². The first kappa shape index (κ1) is 34.3. The highest BCUT2D eigenvalue weighted by molar-refractivity contribution is 5.33. The van der Waals surface area contributed by atoms with Crippen LogP contribution >= 0.6 is 0 Å². The lowest BCUT2D eigenvalue weighted by Gasteiger charge is -2.37. The number of rotatable bonds is 17. The number of phenolic OH excluding ortho intramolecular Hbond substituents is 2. The quantitative estimate of drug-likeness (QED) is 0.153. The second-order valence-electron chi connectivity index (χ2n) is 12.3. The minimum Gasteiger partial charge on any atom is -0.507 e. The fraction of sp³-hybridized carbons (Fsp3) is 0.657. The molecule has 244 valence electrons. The van der Waals surface area contributed by atoms with Crippen molar-refractivity contribution in [1.82, 2.24) is 0 Å². The van der Waals surface area contributed by atoms with Gasteiger partial charge in [0.1, 0.15) is 11.5 Å². The summed E-state index contributed by atoms with van der Waals surface area (Å²) in [5.74, 6) is 0.287. The van der Waals surface area contributed by atoms with Gasteiger partial charge in [-0.25, -0.2) is 0 Å². The number of ether oxygens (including phenoxy) is 4. The molecule has 2 aliphatic heterocycles. The van der Waals surface area contributed by atoms with Gasteiger partial charge >= 0.3 is 0 Å². The summed E-state index contributed by atoms with van der Waals surface area (Å²) in [6, 6.07) is 14.0. The topological polar surface area (TPSA) is 127 Å². The maximum atomic E-state index is 11.0. The number of nitroso groups, excluding NO2 is 1. The molecule has 2 aromatic rings. The van der Waals surface area contributed by atoms with Crippen LogP contribution in [0.3, 0.4) is 0 Å². The van der Waals surface area contributed by atoms with Gasteiger partial charge in [0.05, 0.1) is 36.6 Å². The third-order valence-electron chi connectivity index (χ3n) is 8.86. The number of hydrogen-bond acceptors (Lipinski definition) is 9. The molecular weight excluding hydrogens is 562 g/mol. The van der Waals surface area contributed by atoms with E-state index < -0.39 is 18.7 Å². The number of unbranched alkanes of at least 4 members (excludes halogenated alkanes) is 1. The molecule has 2 heterocycles. The molecule has 2 fully saturated rings. The third kappa shape index (κ3) is 10.2. The predicted molar refractivity (Wildman–Crippen MR) is 168 cm³/mol. The van der Waals surface area contributed by atoms with E-state index in [1.54, 1.807) is 24.3 Å². The van der Waals surface area contributed by atoms with Gasteiger partial charge in [-0.15, -0.1) is 0 Å². The Kier molecular flexibility index (Phi) is 13.9. The van der Waals surface area contributed by atoms with Gasteiger partial charge < -0.3 is 34.3 Å². The summed E-state index contributed by atoms with van der Waals surface area (Å²) in [5.41, 5.74) is 1.22. The lowest BCUT2D eigenvalue weighted by atomic mass is 9.95. The van der Waals surface area contributed by atoms with E-state index in [1.807, 2.05) is 31.2 Å². The molecule has 0 aromatic heterocycles. The molecule has 8 atom stereocenters. The van der Waals surface area contributed by atoms with Crippen molar-refractivity contribution >= 4 is 0 Å². The monoisotopic (exact) mass is 613 g/mol. The zero-order valence-corrected chi connectivity index (χ0v) is 26.3. The molecule has 0 bridgehead atoms. The molecule has 9 heteroatoms. The zero-order chi connectivity index (χ0) is 31.3. The summed E-state index contributed by atoms with van der Waals surface area (Å²) in [6.07, 6.45) is 8.02. The number of phenols is 2. The first-order valence-electron chi connectivity index (χ1n) is 16.6. The summed E-state index contributed by atoms with van der Waals surface area (Å²) in [5, 5.41) is 35.1. The van der Waals surface area contributed by atoms with E-state index in [0.29, 0.717) is 30.4 Å². The van der Waals surface area contributed by atoms with Crippen LogP contribution in [0.1, 0.15) is 121 Å². The molecular formula is C35H51NO8. The molecule has 0 aliphatic carbocycles. The van der Waals surface area contributed by atoms with Gasteiger partial charge in [0, 0.05) is 24.0 Å². The summed E-state index contributed by atoms with van der Waals surface area (Å²) >= 11 is 0. The molecule has 3 N–H and O–H groups in total. The van der Waals surface area contributed by atoms with Crippen molar-refractivity contribution < 1.29 is 34.3 Å². The second-order valence-corrected chi connectivity index (χ2v) is 12.3. The van der Waals surface area contributed by atoms with E-state index in [0.717, 1.165) is 64.2 Å². The number of aliphatic hydroxyl groups is 1. The predicted octanol–water partition coefficient (Wildman–Crippen LogP) is 7.97. The Morgan fingerprint density at radius 2 is 1.20 bits per heavy atom. The number of para-hydroxylation sites is 2. The van der Waals surface area contributed by atoms with E-state index in [9.17, 15) is 20.2 Å². The Morgan fingerprint density at radius 3 is 1.70 bits per heavy atom. The van der Waals surface area contributed by atoms with Gasteiger partial charge in [0.15, 0.2) is 12.6 Å². The summed E-state index contributed by atoms with van der Waals surface area (Å²) in [7, 11) is 0. The summed E-state index contributed by atoms with van der Waals surface area (Å²) in [6.45, 7) is 4.13. The minimum atomic E-state index is -0.668. The molecule has 0 radical (unpaired) electrons. The van der Waals surface area contributed by atoms with Crippen LogP contribution in [0.5, 0.6) is 11.5 Å². The molecule has 8 unspecified atom stereocenters. The fourth-order valence-electron chi connectivity index (χ4n) is 6.30. The van der Waals surface area contributed by atoms with Crippen molar-refractivity contribution in [2.75, 3.05) is 0 Å². The van der Waals surface area contributed by atoms with Crippen LogP contribution in [0, 0.1) is 4.91 Å². The average Bonchev–Trinajstić information content (AvgIpc) is 3.02. The van der Waals surface area contributed by atoms with Crippen molar-refractivity contribution in [3.8, 4) is 11.5 Å². The van der Waals surface area contributed by atoms with Crippen LogP contribution in [0.2, 0.25) is 0 Å². The molecule has 2 saturated heterocycles. The van der Waals surface area contributed by atoms with E-state index >= 15 is 0 Å². The Bertz CT molecular complexity index is 1130. The first-order valence-corrected chi connectivity index (χ1v) is 16.6. The van der Waals surface area contributed by atoms with Crippen LogP contribution in [-0.4, -0.2) is 51.9 Å². The van der Waals surface area contributed by atoms with E-state index in [1.165, 1.54) is 0 Å². The molecule has 4 rings (SSSR count). The molecule has 2 aromatic carbocycles. The smallest absolute Gasteiger partial charge is 0.188 e. The SMILES string of the molecule is CCCCC1CC(CC(O)CCCC2CC(CCCC(CC)N=O)OC(c3ccccc3O)O2)OC(c2ccccc2O)O1. The zero-order valence-electron chi connectivity index (χ0n) is 26.3. The van der Waals surface area contributed by atoms with Crippen molar-refractivity contribution in [2.45, 2.75) is 146 Å². The maximum absolute atomic E-state index is 11.0. The number of benzene rings is 2. The molecule has 0 amide bonds. The summed E-state index contributed by atoms with van der Waals surface area (Å²) in [4.78, 5) is 11.0. The lowest BCUT2D eigenvalue weighted by Crippen LogP contribution is -2.36. The van der Waals surface area contributed by atoms with Gasteiger partial charge in [0.2, 0.25) is 0 Å². The molecule has 44 heavy (non-hydrogen) atoms. The van der Waals surface area contributed by atoms with Crippen molar-refractivity contribution in [1.29, 1.82) is 0 Å². The lowest BCUT2D eigenvalue weighted by molar-refractivity contribution is -0.254. The Morgan fingerprint density at radius 1 is 0.727 bits per heavy atom. The van der Waals surface area contributed by atoms with Crippen LogP contribution in [0.25, 0.3) is 0 Å². The number of hydrogen-bond donors (Lipinski definition) is 3. The van der Waals surface area contributed by atoms with Gasteiger partial charge in [-0.05, 0) is 69.9 Å². The van der Waals surface area contributed by atoms with Crippen LogP contribution in [0.15, 0.2) is 53.7 Å². The highest BCUT2D eigenvalue weighted by Gasteiger charge is 2.34. The largest absolute Gasteiger partial charge is 0.507 e. The van der Waals surface area contributed by atoms with Gasteiger partial charge in [0.25, 0.3) is 0 Å². The number of aromatic hydroxyl groups is 2. The van der Waals surface area contributed by atoms with Crippen molar-refractivity contribution in [3.05, 3.63) is 64.6 Å². The van der Waals surface area contributed by atoms with Crippen LogP contribution in [0.4, 0.5) is 0 Å². The highest BCUT2D eigenvalue weighted by Crippen LogP contribution is 2.39. The fourth-order valence-corrected chi connectivity index (χ4v) is 6.30. The van der Waals surface area contributed by atoms with Crippen LogP contribution in [-0.2, 0) is 18.9 Å². The van der Waals surface area contributed by atoms with E-state index in [2.05, 4.69) is 12.1 Å². The molecule has 2 aliphatic rings. The standard InChI is InChI=1S/C35H51NO8/c1-3-5-14-26-23-29(44-35(41-26)31-18-7-9-20-33(31)39)21-25(37)13-11-16-28-22-27(15-10-12-24(4-2)36-40)42-34(43-28)30-17-6-8-19-32(30)38/h6-9,17-20,24-29,34-35,37-39H,3-5,10-16,21-23H2,1-2H3. The third-order valence-corrected chi connectivity index (χ3v) is 8.86. The highest BCUT2D eigenvalue weighted by atomic mass is 16.7. The number of nitrogens with zero attached hydrogens (tertiary/aromatic N) is 1. The van der Waals surface area contributed by atoms with Crippen molar-refractivity contribution in [2.24, 2.45) is 5.18 Å². The Hall–Kier alpha value is -2.56. The number of aliphatic hydroxyl groups excluding tert-OH is 1. The molecule has 0 saturated carbocycles. The second kappa shape index (κ2) is 17.8. The van der Waals surface area contributed by atoms with E-state index in [4.69, 9.17) is 18.9 Å².